The van der Waals surface area contributed by atoms with Crippen molar-refractivity contribution in [2.24, 2.45) is 0 Å². The fourth-order valence-corrected chi connectivity index (χ4v) is 2.11. The summed E-state index contributed by atoms with van der Waals surface area (Å²) < 4.78 is 10.1. The van der Waals surface area contributed by atoms with Crippen LogP contribution in [-0.4, -0.2) is 115 Å². The number of carbonyl (C=O) groups excluding carboxylic acids is 1. The summed E-state index contributed by atoms with van der Waals surface area (Å²) in [6.45, 7) is -1.64. The topological polar surface area (TPSA) is 197 Å². The Morgan fingerprint density at radius 2 is 1.65 bits per heavy atom. The first kappa shape index (κ1) is 20.3. The average molecular weight is 342 g/mol. The molecule has 0 amide bonds. The third-order valence-corrected chi connectivity index (χ3v) is 3.53. The number of hydrogen-bond acceptors (Lipinski definition) is 11. The Hall–Kier alpha value is -0.730. The average Bonchev–Trinajstić information content (AvgIpc) is 2.57. The highest BCUT2D eigenvalue weighted by molar-refractivity contribution is 5.56. The van der Waals surface area contributed by atoms with Crippen LogP contribution in [-0.2, 0) is 14.3 Å². The molecule has 1 rings (SSSR count). The molecule has 0 bridgehead atoms. The zero-order valence-corrected chi connectivity index (χ0v) is 12.0. The van der Waals surface area contributed by atoms with Gasteiger partial charge in [-0.1, -0.05) is 0 Å². The van der Waals surface area contributed by atoms with Crippen LogP contribution in [0.1, 0.15) is 0 Å². The third-order valence-electron chi connectivity index (χ3n) is 3.53. The molecule has 0 radical (unpaired) electrons. The van der Waals surface area contributed by atoms with Crippen molar-refractivity contribution in [2.45, 2.75) is 55.1 Å². The van der Waals surface area contributed by atoms with Gasteiger partial charge in [0.15, 0.2) is 12.6 Å². The van der Waals surface area contributed by atoms with Gasteiger partial charge in [0.1, 0.15) is 48.8 Å². The molecular weight excluding hydrogens is 320 g/mol. The molecular formula is C12H22O11. The SMILES string of the molecule is O=C[C@@H](O)[C@@H](O)[C@H](O[C@@H]1O[C@H](CO)[C@@H](O)[C@H](O)[C@H]1O)[C@H](O)CO. The second-order valence-corrected chi connectivity index (χ2v) is 5.17. The van der Waals surface area contributed by atoms with Gasteiger partial charge >= 0.3 is 0 Å². The predicted molar refractivity (Wildman–Crippen MR) is 69.8 cm³/mol. The summed E-state index contributed by atoms with van der Waals surface area (Å²) in [5.74, 6) is 0. The van der Waals surface area contributed by atoms with Gasteiger partial charge in [-0.2, -0.15) is 0 Å². The predicted octanol–water partition coefficient (Wildman–Crippen LogP) is -5.55. The largest absolute Gasteiger partial charge is 0.394 e. The molecule has 0 aromatic heterocycles. The van der Waals surface area contributed by atoms with Gasteiger partial charge in [-0.3, -0.25) is 0 Å². The van der Waals surface area contributed by atoms with Crippen LogP contribution in [0.2, 0.25) is 0 Å². The number of carbonyl (C=O) groups is 1. The van der Waals surface area contributed by atoms with Crippen LogP contribution in [0.4, 0.5) is 0 Å². The van der Waals surface area contributed by atoms with Crippen LogP contribution in [0, 0.1) is 0 Å². The van der Waals surface area contributed by atoms with Gasteiger partial charge < -0.3 is 55.1 Å². The molecule has 0 aromatic carbocycles. The second kappa shape index (κ2) is 8.94. The van der Waals surface area contributed by atoms with Crippen LogP contribution in [0.5, 0.6) is 0 Å². The van der Waals surface area contributed by atoms with Gasteiger partial charge in [-0.25, -0.2) is 0 Å². The van der Waals surface area contributed by atoms with E-state index in [0.717, 1.165) is 0 Å². The van der Waals surface area contributed by atoms with E-state index in [9.17, 15) is 35.4 Å². The third kappa shape index (κ3) is 4.64. The molecule has 9 atom stereocenters. The highest BCUT2D eigenvalue weighted by atomic mass is 16.7. The lowest BCUT2D eigenvalue weighted by Gasteiger charge is -2.42. The second-order valence-electron chi connectivity index (χ2n) is 5.17. The molecule has 1 aliphatic heterocycles. The summed E-state index contributed by atoms with van der Waals surface area (Å²) in [6, 6.07) is 0. The molecule has 0 saturated carbocycles. The smallest absolute Gasteiger partial charge is 0.187 e. The van der Waals surface area contributed by atoms with E-state index in [2.05, 4.69) is 0 Å². The Morgan fingerprint density at radius 3 is 2.13 bits per heavy atom. The number of ether oxygens (including phenoxy) is 2. The quantitative estimate of drug-likeness (QED) is 0.196. The number of aliphatic hydroxyl groups excluding tert-OH is 8. The maximum Gasteiger partial charge on any atom is 0.187 e. The molecule has 1 heterocycles. The van der Waals surface area contributed by atoms with E-state index in [1.807, 2.05) is 0 Å². The molecule has 1 saturated heterocycles. The Morgan fingerprint density at radius 1 is 1.04 bits per heavy atom. The lowest BCUT2D eigenvalue weighted by Crippen LogP contribution is -2.61. The van der Waals surface area contributed by atoms with Gasteiger partial charge in [0, 0.05) is 0 Å². The zero-order chi connectivity index (χ0) is 17.7. The van der Waals surface area contributed by atoms with Gasteiger partial charge in [0.25, 0.3) is 0 Å². The Bertz CT molecular complexity index is 365. The molecule has 1 fully saturated rings. The van der Waals surface area contributed by atoms with Gasteiger partial charge in [-0.05, 0) is 0 Å². The summed E-state index contributed by atoms with van der Waals surface area (Å²) in [7, 11) is 0. The molecule has 11 heteroatoms. The summed E-state index contributed by atoms with van der Waals surface area (Å²) in [5.41, 5.74) is 0. The van der Waals surface area contributed by atoms with E-state index in [-0.39, 0.29) is 6.29 Å². The molecule has 136 valence electrons. The minimum atomic E-state index is -1.97. The molecule has 0 aromatic rings. The summed E-state index contributed by atoms with van der Waals surface area (Å²) in [4.78, 5) is 10.5. The van der Waals surface area contributed by atoms with Gasteiger partial charge in [-0.15, -0.1) is 0 Å². The fraction of sp³-hybridized carbons (Fsp3) is 0.917. The van der Waals surface area contributed by atoms with E-state index in [1.54, 1.807) is 0 Å². The first-order valence-electron chi connectivity index (χ1n) is 6.84. The number of hydrogen-bond donors (Lipinski definition) is 8. The van der Waals surface area contributed by atoms with E-state index in [0.29, 0.717) is 0 Å². The van der Waals surface area contributed by atoms with Crippen molar-refractivity contribution < 1.29 is 55.1 Å². The first-order chi connectivity index (χ1) is 10.8. The van der Waals surface area contributed by atoms with E-state index >= 15 is 0 Å². The lowest BCUT2D eigenvalue weighted by molar-refractivity contribution is -0.326. The van der Waals surface area contributed by atoms with Crippen molar-refractivity contribution in [1.82, 2.24) is 0 Å². The number of aliphatic hydroxyl groups is 8. The molecule has 11 nitrogen and oxygen atoms in total. The zero-order valence-electron chi connectivity index (χ0n) is 12.0. The standard InChI is InChI=1S/C12H22O11/c13-1-4(16)7(18)11(5(17)2-14)23-12-10(21)9(20)8(19)6(3-15)22-12/h1,4-12,14-21H,2-3H2/t4-,5-,6-,7-,8-,9+,10-,11-,12+/m1/s1. The van der Waals surface area contributed by atoms with Crippen molar-refractivity contribution in [3.05, 3.63) is 0 Å². The van der Waals surface area contributed by atoms with Crippen LogP contribution >= 0.6 is 0 Å². The van der Waals surface area contributed by atoms with Crippen LogP contribution in [0.3, 0.4) is 0 Å². The Balaban J connectivity index is 2.91. The Kier molecular flexibility index (Phi) is 7.89. The minimum absolute atomic E-state index is 0.0294. The van der Waals surface area contributed by atoms with Crippen molar-refractivity contribution in [1.29, 1.82) is 0 Å². The van der Waals surface area contributed by atoms with E-state index < -0.39 is 68.3 Å². The minimum Gasteiger partial charge on any atom is -0.394 e. The van der Waals surface area contributed by atoms with E-state index in [1.165, 1.54) is 0 Å². The molecule has 0 aliphatic carbocycles. The van der Waals surface area contributed by atoms with Crippen molar-refractivity contribution in [2.75, 3.05) is 13.2 Å². The molecule has 23 heavy (non-hydrogen) atoms. The van der Waals surface area contributed by atoms with Gasteiger partial charge in [0.2, 0.25) is 0 Å². The van der Waals surface area contributed by atoms with Gasteiger partial charge in [0.05, 0.1) is 13.2 Å². The summed E-state index contributed by atoms with van der Waals surface area (Å²) >= 11 is 0. The normalized spacial score (nSPS) is 37.0. The summed E-state index contributed by atoms with van der Waals surface area (Å²) in [5, 5.41) is 75.7. The van der Waals surface area contributed by atoms with Crippen molar-refractivity contribution in [3.8, 4) is 0 Å². The van der Waals surface area contributed by atoms with Crippen LogP contribution in [0.15, 0.2) is 0 Å². The van der Waals surface area contributed by atoms with Crippen LogP contribution in [0.25, 0.3) is 0 Å². The number of rotatable bonds is 8. The fourth-order valence-electron chi connectivity index (χ4n) is 2.11. The molecule has 1 aliphatic rings. The maximum atomic E-state index is 10.5. The molecule has 8 N–H and O–H groups in total. The highest BCUT2D eigenvalue weighted by Gasteiger charge is 2.46. The molecule has 0 spiro atoms. The Labute approximate surface area is 130 Å². The van der Waals surface area contributed by atoms with Crippen molar-refractivity contribution in [3.63, 3.8) is 0 Å². The highest BCUT2D eigenvalue weighted by Crippen LogP contribution is 2.24. The van der Waals surface area contributed by atoms with Crippen LogP contribution < -0.4 is 0 Å². The lowest BCUT2D eigenvalue weighted by atomic mass is 9.98. The van der Waals surface area contributed by atoms with Crippen molar-refractivity contribution >= 4 is 6.29 Å². The first-order valence-corrected chi connectivity index (χ1v) is 6.84. The summed E-state index contributed by atoms with van der Waals surface area (Å²) in [6.07, 6.45) is -15.7. The number of aldehydes is 1. The maximum absolute atomic E-state index is 10.5. The van der Waals surface area contributed by atoms with E-state index in [4.69, 9.17) is 19.7 Å². The monoisotopic (exact) mass is 342 g/mol. The molecule has 0 unspecified atom stereocenters.